The highest BCUT2D eigenvalue weighted by atomic mass is 79.9. The van der Waals surface area contributed by atoms with E-state index in [9.17, 15) is 9.59 Å². The molecule has 1 aliphatic heterocycles. The van der Waals surface area contributed by atoms with E-state index in [0.29, 0.717) is 18.3 Å². The van der Waals surface area contributed by atoms with Gasteiger partial charge in [0, 0.05) is 31.3 Å². The van der Waals surface area contributed by atoms with Crippen molar-refractivity contribution in [2.45, 2.75) is 18.9 Å². The highest BCUT2D eigenvalue weighted by Crippen LogP contribution is 2.22. The molecule has 0 radical (unpaired) electrons. The second kappa shape index (κ2) is 5.46. The Kier molecular flexibility index (Phi) is 4.53. The van der Waals surface area contributed by atoms with Gasteiger partial charge in [0.1, 0.15) is 6.04 Å². The highest BCUT2D eigenvalue weighted by Gasteiger charge is 2.36. The second-order valence-electron chi connectivity index (χ2n) is 3.64. The molecule has 1 aliphatic rings. The summed E-state index contributed by atoms with van der Waals surface area (Å²) in [6.45, 7) is 0.237. The van der Waals surface area contributed by atoms with Crippen LogP contribution >= 0.6 is 15.9 Å². The average molecular weight is 280 g/mol. The Bertz CT molecular complexity index is 258. The zero-order valence-electron chi connectivity index (χ0n) is 8.23. The molecule has 2 atom stereocenters. The Morgan fingerprint density at radius 1 is 1.67 bits per heavy atom. The summed E-state index contributed by atoms with van der Waals surface area (Å²) in [6.07, 6.45) is 0.483. The molecule has 1 saturated heterocycles. The van der Waals surface area contributed by atoms with Gasteiger partial charge >= 0.3 is 5.97 Å². The molecule has 1 heterocycles. The van der Waals surface area contributed by atoms with Crippen LogP contribution in [0.5, 0.6) is 0 Å². The lowest BCUT2D eigenvalue weighted by Gasteiger charge is -2.23. The van der Waals surface area contributed by atoms with Crippen LogP contribution in [-0.2, 0) is 9.59 Å². The molecule has 0 aromatic rings. The van der Waals surface area contributed by atoms with E-state index in [-0.39, 0.29) is 24.9 Å². The Morgan fingerprint density at radius 2 is 2.33 bits per heavy atom. The Morgan fingerprint density at radius 3 is 2.73 bits per heavy atom. The molecule has 0 aromatic heterocycles. The number of carboxylic acid groups (broad SMARTS) is 1. The van der Waals surface area contributed by atoms with Crippen LogP contribution in [-0.4, -0.2) is 51.5 Å². The first-order valence-electron chi connectivity index (χ1n) is 4.79. The highest BCUT2D eigenvalue weighted by molar-refractivity contribution is 9.09. The molecule has 2 N–H and O–H groups in total. The van der Waals surface area contributed by atoms with Crippen LogP contribution in [0, 0.1) is 5.92 Å². The van der Waals surface area contributed by atoms with Crippen molar-refractivity contribution in [2.24, 2.45) is 5.92 Å². The van der Waals surface area contributed by atoms with Crippen molar-refractivity contribution in [1.29, 1.82) is 0 Å². The molecular weight excluding hydrogens is 266 g/mol. The van der Waals surface area contributed by atoms with Crippen LogP contribution < -0.4 is 0 Å². The number of carbonyl (C=O) groups excluding carboxylic acids is 1. The first-order valence-corrected chi connectivity index (χ1v) is 5.91. The minimum absolute atomic E-state index is 0.0933. The fraction of sp³-hybridized carbons (Fsp3) is 0.778. The van der Waals surface area contributed by atoms with E-state index < -0.39 is 12.0 Å². The molecule has 1 fully saturated rings. The predicted octanol–water partition coefficient (Wildman–Crippen LogP) is 0.0654. The molecule has 15 heavy (non-hydrogen) atoms. The number of carboxylic acids is 1. The van der Waals surface area contributed by atoms with Gasteiger partial charge in [-0.05, 0) is 5.92 Å². The number of aliphatic hydroxyl groups is 1. The second-order valence-corrected chi connectivity index (χ2v) is 4.28. The van der Waals surface area contributed by atoms with Gasteiger partial charge in [-0.3, -0.25) is 4.79 Å². The first kappa shape index (κ1) is 12.4. The van der Waals surface area contributed by atoms with Crippen molar-refractivity contribution in [2.75, 3.05) is 18.5 Å². The first-order chi connectivity index (χ1) is 7.10. The van der Waals surface area contributed by atoms with Gasteiger partial charge in [-0.1, -0.05) is 15.9 Å². The summed E-state index contributed by atoms with van der Waals surface area (Å²) in [5.74, 6) is -1.01. The number of hydrogen-bond donors (Lipinski definition) is 2. The SMILES string of the molecule is O=C(O)C(CCO)N1CC(CBr)CC1=O. The Hall–Kier alpha value is -0.620. The van der Waals surface area contributed by atoms with Gasteiger partial charge in [0.2, 0.25) is 5.91 Å². The van der Waals surface area contributed by atoms with Crippen molar-refractivity contribution in [1.82, 2.24) is 4.90 Å². The summed E-state index contributed by atoms with van der Waals surface area (Å²) in [5.41, 5.74) is 0. The van der Waals surface area contributed by atoms with E-state index >= 15 is 0 Å². The summed E-state index contributed by atoms with van der Waals surface area (Å²) in [5, 5.41) is 18.4. The van der Waals surface area contributed by atoms with Crippen molar-refractivity contribution in [3.63, 3.8) is 0 Å². The summed E-state index contributed by atoms with van der Waals surface area (Å²) >= 11 is 3.28. The molecule has 0 saturated carbocycles. The molecule has 1 rings (SSSR count). The van der Waals surface area contributed by atoms with E-state index in [1.807, 2.05) is 0 Å². The largest absolute Gasteiger partial charge is 0.480 e. The minimum atomic E-state index is -1.05. The number of rotatable bonds is 5. The predicted molar refractivity (Wildman–Crippen MR) is 56.7 cm³/mol. The molecule has 0 aliphatic carbocycles. The normalized spacial score (nSPS) is 23.2. The van der Waals surface area contributed by atoms with Gasteiger partial charge < -0.3 is 15.1 Å². The number of likely N-dealkylation sites (tertiary alicyclic amines) is 1. The van der Waals surface area contributed by atoms with Gasteiger partial charge in [-0.2, -0.15) is 0 Å². The van der Waals surface area contributed by atoms with Crippen molar-refractivity contribution in [3.05, 3.63) is 0 Å². The number of amides is 1. The third-order valence-electron chi connectivity index (χ3n) is 2.52. The monoisotopic (exact) mass is 279 g/mol. The van der Waals surface area contributed by atoms with Gasteiger partial charge in [0.05, 0.1) is 0 Å². The van der Waals surface area contributed by atoms with E-state index in [1.165, 1.54) is 4.90 Å². The number of alkyl halides is 1. The van der Waals surface area contributed by atoms with Gasteiger partial charge in [0.15, 0.2) is 0 Å². The summed E-state index contributed by atoms with van der Waals surface area (Å²) < 4.78 is 0. The minimum Gasteiger partial charge on any atom is -0.480 e. The molecular formula is C9H14BrNO4. The zero-order valence-corrected chi connectivity index (χ0v) is 9.81. The molecule has 0 spiro atoms. The van der Waals surface area contributed by atoms with Crippen molar-refractivity contribution >= 4 is 27.8 Å². The standard InChI is InChI=1S/C9H14BrNO4/c10-4-6-3-8(13)11(5-6)7(1-2-12)9(14)15/h6-7,12H,1-5H2,(H,14,15). The van der Waals surface area contributed by atoms with Crippen LogP contribution in [0.3, 0.4) is 0 Å². The van der Waals surface area contributed by atoms with Crippen molar-refractivity contribution < 1.29 is 19.8 Å². The third-order valence-corrected chi connectivity index (χ3v) is 3.44. The van der Waals surface area contributed by atoms with Gasteiger partial charge in [-0.25, -0.2) is 4.79 Å². The number of aliphatic carboxylic acids is 1. The number of hydrogen-bond acceptors (Lipinski definition) is 3. The summed E-state index contributed by atoms with van der Waals surface area (Å²) in [7, 11) is 0. The number of halogens is 1. The number of nitrogens with zero attached hydrogens (tertiary/aromatic N) is 1. The van der Waals surface area contributed by atoms with Crippen LogP contribution in [0.2, 0.25) is 0 Å². The Labute approximate surface area is 96.2 Å². The fourth-order valence-electron chi connectivity index (χ4n) is 1.75. The zero-order chi connectivity index (χ0) is 11.4. The van der Waals surface area contributed by atoms with E-state index in [2.05, 4.69) is 15.9 Å². The lowest BCUT2D eigenvalue weighted by atomic mass is 10.1. The molecule has 5 nitrogen and oxygen atoms in total. The van der Waals surface area contributed by atoms with E-state index in [0.717, 1.165) is 0 Å². The third kappa shape index (κ3) is 2.92. The maximum Gasteiger partial charge on any atom is 0.326 e. The van der Waals surface area contributed by atoms with Crippen molar-refractivity contribution in [3.8, 4) is 0 Å². The Balaban J connectivity index is 2.68. The lowest BCUT2D eigenvalue weighted by Crippen LogP contribution is -2.42. The summed E-state index contributed by atoms with van der Waals surface area (Å²) in [6, 6.07) is -0.883. The van der Waals surface area contributed by atoms with Crippen LogP contribution in [0.25, 0.3) is 0 Å². The molecule has 0 bridgehead atoms. The maximum absolute atomic E-state index is 11.5. The number of aliphatic hydroxyl groups excluding tert-OH is 1. The topological polar surface area (TPSA) is 77.8 Å². The average Bonchev–Trinajstić information content (AvgIpc) is 2.55. The quantitative estimate of drug-likeness (QED) is 0.698. The number of carbonyl (C=O) groups is 2. The van der Waals surface area contributed by atoms with E-state index in [4.69, 9.17) is 10.2 Å². The fourth-order valence-corrected chi connectivity index (χ4v) is 2.18. The van der Waals surface area contributed by atoms with Crippen LogP contribution in [0.4, 0.5) is 0 Å². The maximum atomic E-state index is 11.5. The lowest BCUT2D eigenvalue weighted by molar-refractivity contribution is -0.148. The van der Waals surface area contributed by atoms with Crippen LogP contribution in [0.15, 0.2) is 0 Å². The molecule has 6 heteroatoms. The van der Waals surface area contributed by atoms with Crippen LogP contribution in [0.1, 0.15) is 12.8 Å². The summed E-state index contributed by atoms with van der Waals surface area (Å²) in [4.78, 5) is 23.8. The molecule has 0 aromatic carbocycles. The van der Waals surface area contributed by atoms with Gasteiger partial charge in [0.25, 0.3) is 0 Å². The molecule has 1 amide bonds. The van der Waals surface area contributed by atoms with E-state index in [1.54, 1.807) is 0 Å². The molecule has 86 valence electrons. The van der Waals surface area contributed by atoms with Gasteiger partial charge in [-0.15, -0.1) is 0 Å². The smallest absolute Gasteiger partial charge is 0.326 e. The molecule has 2 unspecified atom stereocenters.